The van der Waals surface area contributed by atoms with Crippen LogP contribution in [0.3, 0.4) is 0 Å². The fraction of sp³-hybridized carbons (Fsp3) is 0.227. The normalized spacial score (nSPS) is 11.0. The van der Waals surface area contributed by atoms with Crippen LogP contribution in [0.2, 0.25) is 5.02 Å². The van der Waals surface area contributed by atoms with Gasteiger partial charge in [0.1, 0.15) is 5.75 Å². The largest absolute Gasteiger partial charge is 0.492 e. The maximum absolute atomic E-state index is 12.3. The fourth-order valence-corrected chi connectivity index (χ4v) is 4.20. The Kier molecular flexibility index (Phi) is 6.01. The van der Waals surface area contributed by atoms with Crippen LogP contribution in [0.4, 0.5) is 5.95 Å². The lowest BCUT2D eigenvalue weighted by Crippen LogP contribution is -2.14. The average Bonchev–Trinajstić information content (AvgIpc) is 3.27. The third-order valence-electron chi connectivity index (χ3n) is 4.63. The SMILES string of the molecule is Cc1ccc(-c2csc3nc(NC(=O)CCCOc4ccccc4Cl)nn23)c(C)c1. The third kappa shape index (κ3) is 4.47. The monoisotopic (exact) mass is 440 g/mol. The Morgan fingerprint density at radius 2 is 2.07 bits per heavy atom. The summed E-state index contributed by atoms with van der Waals surface area (Å²) in [7, 11) is 0. The summed E-state index contributed by atoms with van der Waals surface area (Å²) in [6.45, 7) is 4.55. The smallest absolute Gasteiger partial charge is 0.250 e. The van der Waals surface area contributed by atoms with E-state index >= 15 is 0 Å². The second kappa shape index (κ2) is 8.85. The molecule has 2 aromatic heterocycles. The van der Waals surface area contributed by atoms with Crippen LogP contribution in [-0.2, 0) is 4.79 Å². The summed E-state index contributed by atoms with van der Waals surface area (Å²) in [6.07, 6.45) is 0.869. The standard InChI is InChI=1S/C22H21ClN4O2S/c1-14-9-10-16(15(2)12-14)18-13-30-22-25-21(26-27(18)22)24-20(28)8-5-11-29-19-7-4-3-6-17(19)23/h3-4,6-7,9-10,12-13H,5,8,11H2,1-2H3,(H,24,26,28). The van der Waals surface area contributed by atoms with Gasteiger partial charge in [0.2, 0.25) is 16.8 Å². The Morgan fingerprint density at radius 3 is 2.87 bits per heavy atom. The Labute approximate surface area is 183 Å². The Morgan fingerprint density at radius 1 is 1.23 bits per heavy atom. The highest BCUT2D eigenvalue weighted by Gasteiger charge is 2.14. The molecule has 0 aliphatic rings. The maximum Gasteiger partial charge on any atom is 0.250 e. The van der Waals surface area contributed by atoms with Gasteiger partial charge in [-0.1, -0.05) is 47.5 Å². The first-order valence-corrected chi connectivity index (χ1v) is 10.9. The van der Waals surface area contributed by atoms with E-state index in [1.165, 1.54) is 22.5 Å². The zero-order valence-electron chi connectivity index (χ0n) is 16.7. The quantitative estimate of drug-likeness (QED) is 0.384. The number of para-hydroxylation sites is 1. The Bertz CT molecular complexity index is 1200. The highest BCUT2D eigenvalue weighted by atomic mass is 35.5. The topological polar surface area (TPSA) is 68.5 Å². The van der Waals surface area contributed by atoms with Crippen LogP contribution >= 0.6 is 22.9 Å². The maximum atomic E-state index is 12.3. The van der Waals surface area contributed by atoms with Gasteiger partial charge >= 0.3 is 0 Å². The Hall–Kier alpha value is -2.90. The van der Waals surface area contributed by atoms with Crippen molar-refractivity contribution in [2.24, 2.45) is 0 Å². The van der Waals surface area contributed by atoms with E-state index in [1.807, 2.05) is 17.5 Å². The predicted molar refractivity (Wildman–Crippen MR) is 121 cm³/mol. The van der Waals surface area contributed by atoms with Gasteiger partial charge in [-0.05, 0) is 38.0 Å². The minimum atomic E-state index is -0.149. The van der Waals surface area contributed by atoms with Crippen molar-refractivity contribution in [3.05, 3.63) is 64.0 Å². The van der Waals surface area contributed by atoms with E-state index in [-0.39, 0.29) is 5.91 Å². The van der Waals surface area contributed by atoms with Crippen LogP contribution in [0.1, 0.15) is 24.0 Å². The first kappa shape index (κ1) is 20.4. The van der Waals surface area contributed by atoms with E-state index in [4.69, 9.17) is 16.3 Å². The minimum Gasteiger partial charge on any atom is -0.492 e. The van der Waals surface area contributed by atoms with Crippen molar-refractivity contribution in [1.29, 1.82) is 0 Å². The summed E-state index contributed by atoms with van der Waals surface area (Å²) in [5.41, 5.74) is 4.46. The molecule has 2 heterocycles. The van der Waals surface area contributed by atoms with Crippen molar-refractivity contribution >= 4 is 39.8 Å². The van der Waals surface area contributed by atoms with E-state index in [1.54, 1.807) is 16.6 Å². The summed E-state index contributed by atoms with van der Waals surface area (Å²) in [5.74, 6) is 0.781. The lowest BCUT2D eigenvalue weighted by Gasteiger charge is -2.07. The van der Waals surface area contributed by atoms with Gasteiger partial charge in [0, 0.05) is 17.4 Å². The number of ether oxygens (including phenoxy) is 1. The van der Waals surface area contributed by atoms with E-state index in [0.717, 1.165) is 16.2 Å². The number of carbonyl (C=O) groups excluding carboxylic acids is 1. The fourth-order valence-electron chi connectivity index (χ4n) is 3.18. The van der Waals surface area contributed by atoms with Gasteiger partial charge < -0.3 is 4.74 Å². The third-order valence-corrected chi connectivity index (χ3v) is 5.76. The number of halogens is 1. The average molecular weight is 441 g/mol. The number of thiazole rings is 1. The highest BCUT2D eigenvalue weighted by Crippen LogP contribution is 2.29. The number of aromatic nitrogens is 3. The predicted octanol–water partition coefficient (Wildman–Crippen LogP) is 5.53. The summed E-state index contributed by atoms with van der Waals surface area (Å²) < 4.78 is 7.39. The molecule has 0 aliphatic heterocycles. The van der Waals surface area contributed by atoms with Gasteiger partial charge in [-0.15, -0.1) is 16.4 Å². The minimum absolute atomic E-state index is 0.149. The van der Waals surface area contributed by atoms with E-state index < -0.39 is 0 Å². The van der Waals surface area contributed by atoms with Crippen LogP contribution in [-0.4, -0.2) is 27.1 Å². The molecule has 0 saturated heterocycles. The van der Waals surface area contributed by atoms with E-state index in [9.17, 15) is 4.79 Å². The lowest BCUT2D eigenvalue weighted by atomic mass is 10.0. The van der Waals surface area contributed by atoms with Crippen LogP contribution in [0, 0.1) is 13.8 Å². The summed E-state index contributed by atoms with van der Waals surface area (Å²) >= 11 is 7.55. The molecule has 0 unspecified atom stereocenters. The van der Waals surface area contributed by atoms with Crippen molar-refractivity contribution in [1.82, 2.24) is 14.6 Å². The molecule has 1 amide bonds. The molecule has 6 nitrogen and oxygen atoms in total. The molecule has 0 fully saturated rings. The van der Waals surface area contributed by atoms with Crippen molar-refractivity contribution < 1.29 is 9.53 Å². The molecule has 30 heavy (non-hydrogen) atoms. The zero-order chi connectivity index (χ0) is 21.1. The first-order chi connectivity index (χ1) is 14.5. The summed E-state index contributed by atoms with van der Waals surface area (Å²) in [6, 6.07) is 13.6. The Balaban J connectivity index is 1.37. The van der Waals surface area contributed by atoms with Crippen molar-refractivity contribution in [3.63, 3.8) is 0 Å². The number of amides is 1. The number of anilines is 1. The molecule has 2 aromatic carbocycles. The summed E-state index contributed by atoms with van der Waals surface area (Å²) in [4.78, 5) is 17.4. The van der Waals surface area contributed by atoms with Crippen LogP contribution in [0.15, 0.2) is 47.8 Å². The molecule has 0 saturated carbocycles. The molecule has 4 aromatic rings. The number of rotatable bonds is 7. The second-order valence-electron chi connectivity index (χ2n) is 7.00. The molecule has 0 spiro atoms. The molecule has 1 N–H and O–H groups in total. The number of benzene rings is 2. The molecular weight excluding hydrogens is 420 g/mol. The van der Waals surface area contributed by atoms with Gasteiger partial charge in [-0.2, -0.15) is 4.98 Å². The first-order valence-electron chi connectivity index (χ1n) is 9.60. The molecule has 154 valence electrons. The van der Waals surface area contributed by atoms with Gasteiger partial charge in [0.05, 0.1) is 17.3 Å². The molecule has 4 rings (SSSR count). The van der Waals surface area contributed by atoms with Gasteiger partial charge in [-0.3, -0.25) is 10.1 Å². The highest BCUT2D eigenvalue weighted by molar-refractivity contribution is 7.15. The second-order valence-corrected chi connectivity index (χ2v) is 8.24. The van der Waals surface area contributed by atoms with E-state index in [0.29, 0.717) is 36.2 Å². The molecule has 0 aliphatic carbocycles. The number of nitrogens with zero attached hydrogens (tertiary/aromatic N) is 3. The number of hydrogen-bond donors (Lipinski definition) is 1. The van der Waals surface area contributed by atoms with Crippen LogP contribution < -0.4 is 10.1 Å². The molecule has 0 radical (unpaired) electrons. The molecule has 0 bridgehead atoms. The lowest BCUT2D eigenvalue weighted by molar-refractivity contribution is -0.116. The van der Waals surface area contributed by atoms with Crippen molar-refractivity contribution in [3.8, 4) is 17.0 Å². The molecule has 8 heteroatoms. The summed E-state index contributed by atoms with van der Waals surface area (Å²) in [5, 5.41) is 9.84. The zero-order valence-corrected chi connectivity index (χ0v) is 18.3. The van der Waals surface area contributed by atoms with Gasteiger partial charge in [0.25, 0.3) is 0 Å². The van der Waals surface area contributed by atoms with Gasteiger partial charge in [0.15, 0.2) is 0 Å². The van der Waals surface area contributed by atoms with Crippen molar-refractivity contribution in [2.75, 3.05) is 11.9 Å². The number of fused-ring (bicyclic) bond motifs is 1. The van der Waals surface area contributed by atoms with Crippen LogP contribution in [0.25, 0.3) is 16.2 Å². The molecular formula is C22H21ClN4O2S. The van der Waals surface area contributed by atoms with Crippen LogP contribution in [0.5, 0.6) is 5.75 Å². The van der Waals surface area contributed by atoms with Gasteiger partial charge in [-0.25, -0.2) is 4.52 Å². The number of aryl methyl sites for hydroxylation is 2. The van der Waals surface area contributed by atoms with Crippen molar-refractivity contribution in [2.45, 2.75) is 26.7 Å². The van der Waals surface area contributed by atoms with E-state index in [2.05, 4.69) is 47.4 Å². The number of carbonyl (C=O) groups is 1. The number of hydrogen-bond acceptors (Lipinski definition) is 5. The number of nitrogens with one attached hydrogen (secondary N) is 1. The molecule has 0 atom stereocenters.